The Bertz CT molecular complexity index is 396. The predicted molar refractivity (Wildman–Crippen MR) is 73.4 cm³/mol. The van der Waals surface area contributed by atoms with E-state index in [2.05, 4.69) is 27.7 Å². The highest BCUT2D eigenvalue weighted by atomic mass is 16.1. The van der Waals surface area contributed by atoms with Crippen LogP contribution in [0.5, 0.6) is 0 Å². The molecule has 1 heterocycles. The zero-order chi connectivity index (χ0) is 13.0. The van der Waals surface area contributed by atoms with Gasteiger partial charge in [-0.1, -0.05) is 12.1 Å². The molecule has 2 N–H and O–H groups in total. The molecule has 1 aliphatic heterocycles. The van der Waals surface area contributed by atoms with Gasteiger partial charge in [-0.15, -0.1) is 0 Å². The van der Waals surface area contributed by atoms with Crippen molar-refractivity contribution in [3.05, 3.63) is 29.8 Å². The first-order chi connectivity index (χ1) is 8.63. The van der Waals surface area contributed by atoms with Gasteiger partial charge in [0.25, 0.3) is 0 Å². The molecule has 2 rings (SSSR count). The summed E-state index contributed by atoms with van der Waals surface area (Å²) in [4.78, 5) is 13.9. The quantitative estimate of drug-likeness (QED) is 0.824. The van der Waals surface area contributed by atoms with Crippen LogP contribution < -0.4 is 10.6 Å². The minimum absolute atomic E-state index is 0.113. The van der Waals surface area contributed by atoms with Gasteiger partial charge >= 0.3 is 0 Å². The van der Waals surface area contributed by atoms with Crippen molar-refractivity contribution >= 4 is 11.6 Å². The van der Waals surface area contributed by atoms with Crippen LogP contribution in [0.2, 0.25) is 0 Å². The molecular weight excluding hydrogens is 226 g/mol. The monoisotopic (exact) mass is 247 g/mol. The first kappa shape index (κ1) is 13.1. The minimum Gasteiger partial charge on any atom is -0.326 e. The Labute approximate surface area is 108 Å². The number of nitrogens with one attached hydrogen (secondary N) is 2. The molecule has 1 aliphatic rings. The fraction of sp³-hybridized carbons (Fsp3) is 0.500. The Morgan fingerprint density at radius 1 is 1.33 bits per heavy atom. The van der Waals surface area contributed by atoms with E-state index in [9.17, 15) is 4.79 Å². The third-order valence-corrected chi connectivity index (χ3v) is 3.08. The van der Waals surface area contributed by atoms with Crippen LogP contribution in [0.25, 0.3) is 0 Å². The second-order valence-corrected chi connectivity index (χ2v) is 5.21. The third-order valence-electron chi connectivity index (χ3n) is 3.08. The zero-order valence-electron chi connectivity index (χ0n) is 11.1. The molecule has 0 bridgehead atoms. The molecule has 0 saturated carbocycles. The van der Waals surface area contributed by atoms with Crippen LogP contribution in [0.4, 0.5) is 5.69 Å². The Kier molecular flexibility index (Phi) is 4.33. The molecule has 98 valence electrons. The number of amides is 1. The van der Waals surface area contributed by atoms with E-state index in [-0.39, 0.29) is 5.91 Å². The van der Waals surface area contributed by atoms with Gasteiger partial charge in [0.15, 0.2) is 0 Å². The van der Waals surface area contributed by atoms with Crippen molar-refractivity contribution in [2.75, 3.05) is 32.5 Å². The Hall–Kier alpha value is -1.39. The summed E-state index contributed by atoms with van der Waals surface area (Å²) in [6.45, 7) is 2.85. The fourth-order valence-electron chi connectivity index (χ4n) is 2.03. The molecule has 1 aromatic carbocycles. The van der Waals surface area contributed by atoms with Gasteiger partial charge in [-0.25, -0.2) is 0 Å². The van der Waals surface area contributed by atoms with Crippen molar-refractivity contribution < 1.29 is 4.79 Å². The lowest BCUT2D eigenvalue weighted by Crippen LogP contribution is -2.43. The summed E-state index contributed by atoms with van der Waals surface area (Å²) in [7, 11) is 4.09. The van der Waals surface area contributed by atoms with Gasteiger partial charge in [-0.2, -0.15) is 0 Å². The van der Waals surface area contributed by atoms with Crippen molar-refractivity contribution in [3.63, 3.8) is 0 Å². The number of rotatable bonds is 5. The molecule has 1 fully saturated rings. The zero-order valence-corrected chi connectivity index (χ0v) is 11.1. The molecule has 1 saturated heterocycles. The molecule has 0 spiro atoms. The van der Waals surface area contributed by atoms with Crippen molar-refractivity contribution in [3.8, 4) is 0 Å². The van der Waals surface area contributed by atoms with E-state index in [1.165, 1.54) is 5.56 Å². The summed E-state index contributed by atoms with van der Waals surface area (Å²) in [6, 6.07) is 8.05. The molecule has 0 aromatic heterocycles. The molecule has 0 unspecified atom stereocenters. The lowest BCUT2D eigenvalue weighted by molar-refractivity contribution is -0.117. The molecule has 0 atom stereocenters. The van der Waals surface area contributed by atoms with E-state index < -0.39 is 0 Å². The van der Waals surface area contributed by atoms with Gasteiger partial charge in [-0.3, -0.25) is 4.79 Å². The van der Waals surface area contributed by atoms with Crippen LogP contribution >= 0.6 is 0 Å². The molecule has 4 nitrogen and oxygen atoms in total. The highest BCUT2D eigenvalue weighted by Crippen LogP contribution is 2.13. The van der Waals surface area contributed by atoms with Gasteiger partial charge in [0.2, 0.25) is 5.91 Å². The van der Waals surface area contributed by atoms with Crippen LogP contribution in [0, 0.1) is 5.92 Å². The van der Waals surface area contributed by atoms with Crippen LogP contribution in [-0.2, 0) is 11.3 Å². The Morgan fingerprint density at radius 2 is 2.00 bits per heavy atom. The van der Waals surface area contributed by atoms with E-state index >= 15 is 0 Å². The van der Waals surface area contributed by atoms with Crippen LogP contribution in [-0.4, -0.2) is 38.0 Å². The number of anilines is 1. The van der Waals surface area contributed by atoms with Crippen LogP contribution in [0.15, 0.2) is 24.3 Å². The largest absolute Gasteiger partial charge is 0.326 e. The van der Waals surface area contributed by atoms with E-state index in [1.54, 1.807) is 0 Å². The van der Waals surface area contributed by atoms with E-state index in [4.69, 9.17) is 0 Å². The number of nitrogens with zero attached hydrogens (tertiary/aromatic N) is 1. The highest BCUT2D eigenvalue weighted by molar-refractivity contribution is 5.90. The normalized spacial score (nSPS) is 15.5. The van der Waals surface area contributed by atoms with Gasteiger partial charge in [0.05, 0.1) is 0 Å². The predicted octanol–water partition coefficient (Wildman–Crippen LogP) is 1.30. The SMILES string of the molecule is CN(C)Cc1ccc(NC(=O)CC2CNC2)cc1. The van der Waals surface area contributed by atoms with Gasteiger partial charge in [0, 0.05) is 18.7 Å². The van der Waals surface area contributed by atoms with Gasteiger partial charge in [0.1, 0.15) is 0 Å². The van der Waals surface area contributed by atoms with E-state index in [0.717, 1.165) is 25.3 Å². The maximum absolute atomic E-state index is 11.7. The molecular formula is C14H21N3O. The average Bonchev–Trinajstić information content (AvgIpc) is 2.26. The van der Waals surface area contributed by atoms with Crippen molar-refractivity contribution in [1.82, 2.24) is 10.2 Å². The lowest BCUT2D eigenvalue weighted by atomic mass is 9.99. The number of carbonyl (C=O) groups excluding carboxylic acids is 1. The van der Waals surface area contributed by atoms with Crippen LogP contribution in [0.3, 0.4) is 0 Å². The van der Waals surface area contributed by atoms with E-state index in [1.807, 2.05) is 26.2 Å². The first-order valence-corrected chi connectivity index (χ1v) is 6.38. The Morgan fingerprint density at radius 3 is 2.50 bits per heavy atom. The standard InChI is InChI=1S/C14H21N3O/c1-17(2)10-11-3-5-13(6-4-11)16-14(18)7-12-8-15-9-12/h3-6,12,15H,7-10H2,1-2H3,(H,16,18). The fourth-order valence-corrected chi connectivity index (χ4v) is 2.03. The summed E-state index contributed by atoms with van der Waals surface area (Å²) in [6.07, 6.45) is 0.618. The summed E-state index contributed by atoms with van der Waals surface area (Å²) < 4.78 is 0. The van der Waals surface area contributed by atoms with Crippen molar-refractivity contribution in [1.29, 1.82) is 0 Å². The van der Waals surface area contributed by atoms with Crippen molar-refractivity contribution in [2.45, 2.75) is 13.0 Å². The number of hydrogen-bond donors (Lipinski definition) is 2. The summed E-state index contributed by atoms with van der Waals surface area (Å²) >= 11 is 0. The molecule has 0 radical (unpaired) electrons. The molecule has 4 heteroatoms. The summed E-state index contributed by atoms with van der Waals surface area (Å²) in [5.41, 5.74) is 2.14. The topological polar surface area (TPSA) is 44.4 Å². The number of carbonyl (C=O) groups is 1. The minimum atomic E-state index is 0.113. The highest BCUT2D eigenvalue weighted by Gasteiger charge is 2.19. The summed E-state index contributed by atoms with van der Waals surface area (Å²) in [5.74, 6) is 0.625. The second-order valence-electron chi connectivity index (χ2n) is 5.21. The van der Waals surface area contributed by atoms with Gasteiger partial charge in [-0.05, 0) is 50.8 Å². The Balaban J connectivity index is 1.83. The average molecular weight is 247 g/mol. The second kappa shape index (κ2) is 5.98. The smallest absolute Gasteiger partial charge is 0.224 e. The first-order valence-electron chi connectivity index (χ1n) is 6.38. The molecule has 1 aromatic rings. The molecule has 18 heavy (non-hydrogen) atoms. The maximum atomic E-state index is 11.7. The molecule has 1 amide bonds. The van der Waals surface area contributed by atoms with Crippen LogP contribution in [0.1, 0.15) is 12.0 Å². The van der Waals surface area contributed by atoms with Crippen molar-refractivity contribution in [2.24, 2.45) is 5.92 Å². The molecule has 0 aliphatic carbocycles. The summed E-state index contributed by atoms with van der Waals surface area (Å²) in [5, 5.41) is 6.11. The lowest BCUT2D eigenvalue weighted by Gasteiger charge is -2.26. The number of benzene rings is 1. The third kappa shape index (κ3) is 3.82. The maximum Gasteiger partial charge on any atom is 0.224 e. The van der Waals surface area contributed by atoms with Gasteiger partial charge < -0.3 is 15.5 Å². The van der Waals surface area contributed by atoms with E-state index in [0.29, 0.717) is 12.3 Å². The number of hydrogen-bond acceptors (Lipinski definition) is 3.